The van der Waals surface area contributed by atoms with Gasteiger partial charge in [0.25, 0.3) is 5.56 Å². The van der Waals surface area contributed by atoms with Gasteiger partial charge in [0.15, 0.2) is 0 Å². The second-order valence-electron chi connectivity index (χ2n) is 9.67. The summed E-state index contributed by atoms with van der Waals surface area (Å²) in [4.78, 5) is 13.5. The van der Waals surface area contributed by atoms with Crippen molar-refractivity contribution >= 4 is 0 Å². The van der Waals surface area contributed by atoms with E-state index in [-0.39, 0.29) is 5.56 Å². The molecule has 0 spiro atoms. The molecule has 0 fully saturated rings. The van der Waals surface area contributed by atoms with E-state index in [2.05, 4.69) is 78.9 Å². The van der Waals surface area contributed by atoms with E-state index < -0.39 is 0 Å². The van der Waals surface area contributed by atoms with Crippen LogP contribution in [0.3, 0.4) is 0 Å². The largest absolute Gasteiger partial charge is 0.377 e. The van der Waals surface area contributed by atoms with Gasteiger partial charge in [-0.05, 0) is 66.0 Å². The van der Waals surface area contributed by atoms with Crippen molar-refractivity contribution in [3.8, 4) is 11.1 Å². The van der Waals surface area contributed by atoms with Gasteiger partial charge in [0.05, 0.1) is 13.2 Å². The minimum absolute atomic E-state index is 0.134. The van der Waals surface area contributed by atoms with E-state index in [0.717, 1.165) is 43.4 Å². The first-order valence-electron chi connectivity index (χ1n) is 13.4. The molecule has 3 heterocycles. The molecule has 4 nitrogen and oxygen atoms in total. The zero-order valence-electron chi connectivity index (χ0n) is 21.4. The van der Waals surface area contributed by atoms with Crippen molar-refractivity contribution in [2.75, 3.05) is 13.2 Å². The van der Waals surface area contributed by atoms with Gasteiger partial charge in [-0.25, -0.2) is 0 Å². The Bertz CT molecular complexity index is 1360. The van der Waals surface area contributed by atoms with E-state index >= 15 is 0 Å². The number of aromatic nitrogens is 1. The fourth-order valence-corrected chi connectivity index (χ4v) is 5.10. The number of pyridine rings is 1. The van der Waals surface area contributed by atoms with Crippen LogP contribution in [0.2, 0.25) is 0 Å². The molecule has 2 aliphatic heterocycles. The predicted octanol–water partition coefficient (Wildman–Crippen LogP) is 6.37. The fourth-order valence-electron chi connectivity index (χ4n) is 5.10. The highest BCUT2D eigenvalue weighted by Crippen LogP contribution is 2.28. The predicted molar refractivity (Wildman–Crippen MR) is 149 cm³/mol. The number of nitrogens with zero attached hydrogens (tertiary/aromatic N) is 1. The van der Waals surface area contributed by atoms with E-state index in [1.54, 1.807) is 0 Å². The monoisotopic (exact) mass is 493 g/mol. The Morgan fingerprint density at radius 2 is 1.22 bits per heavy atom. The van der Waals surface area contributed by atoms with Crippen LogP contribution in [0.4, 0.5) is 0 Å². The minimum atomic E-state index is 0.134. The third kappa shape index (κ3) is 6.46. The second-order valence-corrected chi connectivity index (χ2v) is 9.67. The van der Waals surface area contributed by atoms with E-state index in [0.29, 0.717) is 33.0 Å². The van der Waals surface area contributed by atoms with Crippen LogP contribution in [0.25, 0.3) is 11.1 Å². The van der Waals surface area contributed by atoms with E-state index in [9.17, 15) is 4.79 Å². The summed E-state index contributed by atoms with van der Waals surface area (Å²) in [6, 6.07) is 31.4. The average Bonchev–Trinajstić information content (AvgIpc) is 2.94. The summed E-state index contributed by atoms with van der Waals surface area (Å²) in [5, 5.41) is 0. The highest BCUT2D eigenvalue weighted by atomic mass is 16.5. The summed E-state index contributed by atoms with van der Waals surface area (Å²) in [6.45, 7) is 3.06. The van der Waals surface area contributed by atoms with Crippen LogP contribution in [0.15, 0.2) is 95.8 Å². The molecule has 1 aromatic heterocycles. The first-order chi connectivity index (χ1) is 18.3. The lowest BCUT2D eigenvalue weighted by Gasteiger charge is -2.17. The first kappa shape index (κ1) is 25.2. The number of aryl methyl sites for hydroxylation is 3. The lowest BCUT2D eigenvalue weighted by atomic mass is 9.96. The van der Waals surface area contributed by atoms with Crippen LogP contribution in [-0.2, 0) is 48.5 Å². The maximum absolute atomic E-state index is 13.5. The number of hydrogen-bond donors (Lipinski definition) is 0. The quantitative estimate of drug-likeness (QED) is 0.333. The van der Waals surface area contributed by atoms with Crippen molar-refractivity contribution < 1.29 is 9.47 Å². The topological polar surface area (TPSA) is 40.5 Å². The molecule has 0 atom stereocenters. The number of hydrogen-bond acceptors (Lipinski definition) is 3. The Morgan fingerprint density at radius 3 is 1.89 bits per heavy atom. The van der Waals surface area contributed by atoms with Gasteiger partial charge in [0.2, 0.25) is 0 Å². The smallest absolute Gasteiger partial charge is 0.253 e. The van der Waals surface area contributed by atoms with Gasteiger partial charge in [0, 0.05) is 31.0 Å². The van der Waals surface area contributed by atoms with Gasteiger partial charge < -0.3 is 14.0 Å². The molecule has 2 aliphatic rings. The maximum atomic E-state index is 13.5. The van der Waals surface area contributed by atoms with Gasteiger partial charge in [-0.15, -0.1) is 0 Å². The van der Waals surface area contributed by atoms with E-state index in [4.69, 9.17) is 9.47 Å². The van der Waals surface area contributed by atoms with Gasteiger partial charge in [-0.3, -0.25) is 4.79 Å². The molecule has 0 N–H and O–H groups in total. The van der Waals surface area contributed by atoms with Crippen LogP contribution >= 0.6 is 0 Å². The molecular weight excluding hydrogens is 458 g/mol. The second kappa shape index (κ2) is 12.7. The zero-order valence-corrected chi connectivity index (χ0v) is 21.4. The minimum Gasteiger partial charge on any atom is -0.377 e. The molecule has 0 saturated carbocycles. The fraction of sp³-hybridized carbons (Fsp3) is 0.303. The van der Waals surface area contributed by atoms with Crippen molar-refractivity contribution in [2.45, 2.75) is 51.9 Å². The number of rotatable bonds is 3. The summed E-state index contributed by atoms with van der Waals surface area (Å²) in [5.74, 6) is 0. The maximum Gasteiger partial charge on any atom is 0.253 e. The molecule has 0 amide bonds. The van der Waals surface area contributed by atoms with Crippen LogP contribution in [-0.4, -0.2) is 17.8 Å². The molecule has 0 unspecified atom stereocenters. The normalized spacial score (nSPS) is 14.8. The van der Waals surface area contributed by atoms with E-state index in [1.807, 2.05) is 16.7 Å². The highest BCUT2D eigenvalue weighted by Gasteiger charge is 2.12. The Kier molecular flexibility index (Phi) is 8.62. The SMILES string of the molecule is O=c1c2ccc(n1CCc1ccccc1)CCCOCc1ccccc1-c1ccccc1COCCC2. The summed E-state index contributed by atoms with van der Waals surface area (Å²) >= 11 is 0. The third-order valence-corrected chi connectivity index (χ3v) is 7.11. The Hall–Kier alpha value is -3.47. The Labute approximate surface area is 219 Å². The molecule has 2 bridgehead atoms. The summed E-state index contributed by atoms with van der Waals surface area (Å²) in [5.41, 5.74) is 8.08. The Balaban J connectivity index is 1.37. The van der Waals surface area contributed by atoms with Crippen molar-refractivity contribution in [1.29, 1.82) is 0 Å². The lowest BCUT2D eigenvalue weighted by molar-refractivity contribution is 0.117. The van der Waals surface area contributed by atoms with Crippen LogP contribution < -0.4 is 5.56 Å². The summed E-state index contributed by atoms with van der Waals surface area (Å²) in [7, 11) is 0. The molecule has 0 saturated heterocycles. The van der Waals surface area contributed by atoms with Gasteiger partial charge in [-0.1, -0.05) is 84.9 Å². The van der Waals surface area contributed by atoms with Crippen LogP contribution in [0, 0.1) is 0 Å². The van der Waals surface area contributed by atoms with Crippen molar-refractivity contribution in [2.24, 2.45) is 0 Å². The van der Waals surface area contributed by atoms with E-state index in [1.165, 1.54) is 27.8 Å². The van der Waals surface area contributed by atoms with Crippen LogP contribution in [0.1, 0.15) is 40.8 Å². The van der Waals surface area contributed by atoms with Crippen LogP contribution in [0.5, 0.6) is 0 Å². The highest BCUT2D eigenvalue weighted by molar-refractivity contribution is 5.70. The zero-order chi connectivity index (χ0) is 25.3. The Morgan fingerprint density at radius 1 is 0.622 bits per heavy atom. The molecule has 0 radical (unpaired) electrons. The first-order valence-corrected chi connectivity index (χ1v) is 13.4. The third-order valence-electron chi connectivity index (χ3n) is 7.11. The van der Waals surface area contributed by atoms with Gasteiger partial charge in [0.1, 0.15) is 0 Å². The van der Waals surface area contributed by atoms with Crippen molar-refractivity contribution in [1.82, 2.24) is 4.57 Å². The summed E-state index contributed by atoms with van der Waals surface area (Å²) in [6.07, 6.45) is 4.07. The van der Waals surface area contributed by atoms with Gasteiger partial charge in [-0.2, -0.15) is 0 Å². The number of fused-ring (bicyclic) bond motifs is 10. The molecule has 4 heteroatoms. The van der Waals surface area contributed by atoms with Gasteiger partial charge >= 0.3 is 0 Å². The standard InChI is InChI=1S/C33H35NO3/c35-33-27-14-8-22-36-24-28-12-4-6-16-31(28)32-17-7-5-13-29(32)25-37-23-9-15-30(19-18-27)34(33)21-20-26-10-2-1-3-11-26/h1-7,10-13,16-19H,8-9,14-15,20-25H2. The number of ether oxygens (including phenoxy) is 2. The molecular formula is C33H35NO3. The summed E-state index contributed by atoms with van der Waals surface area (Å²) < 4.78 is 14.2. The average molecular weight is 494 g/mol. The molecule has 190 valence electrons. The molecule has 3 aromatic carbocycles. The van der Waals surface area contributed by atoms with Crippen molar-refractivity contribution in [3.05, 3.63) is 129 Å². The molecule has 4 aromatic rings. The lowest BCUT2D eigenvalue weighted by Crippen LogP contribution is -2.28. The molecule has 0 aliphatic carbocycles. The van der Waals surface area contributed by atoms with Crippen molar-refractivity contribution in [3.63, 3.8) is 0 Å². The molecule has 37 heavy (non-hydrogen) atoms. The molecule has 6 rings (SSSR count). The number of benzene rings is 3.